The fraction of sp³-hybridized carbons (Fsp3) is 0.0204. The summed E-state index contributed by atoms with van der Waals surface area (Å²) in [6, 6.07) is 135. The van der Waals surface area contributed by atoms with Gasteiger partial charge in [0.2, 0.25) is 0 Å². The fourth-order valence-electron chi connectivity index (χ4n) is 17.5. The molecule has 4 heterocycles. The highest BCUT2D eigenvalue weighted by molar-refractivity contribution is 9.11. The van der Waals surface area contributed by atoms with Crippen LogP contribution in [-0.2, 0) is 10.8 Å². The lowest BCUT2D eigenvalue weighted by atomic mass is 9.64. The molecular formula is C98H62Br6N4. The number of hydrogen-bond donors (Lipinski definition) is 0. The second-order valence-corrected chi connectivity index (χ2v) is 32.7. The number of halogens is 6. The van der Waals surface area contributed by atoms with E-state index in [1.165, 1.54) is 139 Å². The van der Waals surface area contributed by atoms with Gasteiger partial charge in [-0.25, -0.2) is 0 Å². The lowest BCUT2D eigenvalue weighted by Gasteiger charge is -2.45. The van der Waals surface area contributed by atoms with E-state index in [-0.39, 0.29) is 0 Å². The van der Waals surface area contributed by atoms with E-state index in [0.717, 1.165) is 43.9 Å². The summed E-state index contributed by atoms with van der Waals surface area (Å²) in [5.74, 6) is 0. The van der Waals surface area contributed by atoms with Crippen molar-refractivity contribution in [1.29, 1.82) is 0 Å². The molecule has 4 aliphatic rings. The Hall–Kier alpha value is -10.4. The second-order valence-electron chi connectivity index (χ2n) is 27.3. The van der Waals surface area contributed by atoms with Crippen LogP contribution in [0.1, 0.15) is 44.5 Å². The van der Waals surface area contributed by atoms with Crippen molar-refractivity contribution in [3.8, 4) is 33.6 Å². The third-order valence-electron chi connectivity index (χ3n) is 21.7. The van der Waals surface area contributed by atoms with Gasteiger partial charge in [0.25, 0.3) is 0 Å². The molecule has 0 atom stereocenters. The molecule has 2 spiro atoms. The van der Waals surface area contributed by atoms with Crippen LogP contribution in [0, 0.1) is 0 Å². The molecule has 0 saturated heterocycles. The topological polar surface area (TPSA) is 16.3 Å². The molecule has 516 valence electrons. The Morgan fingerprint density at radius 1 is 0.231 bits per heavy atom. The number of nitrogens with zero attached hydrogens (tertiary/aromatic N) is 4. The largest absolute Gasteiger partial charge is 0.310 e. The molecule has 2 aliphatic carbocycles. The number of anilines is 6. The molecule has 0 fully saturated rings. The molecule has 0 bridgehead atoms. The Kier molecular flexibility index (Phi) is 17.7. The van der Waals surface area contributed by atoms with E-state index in [4.69, 9.17) is 0 Å². The Labute approximate surface area is 677 Å². The number of para-hydroxylation sites is 12. The lowest BCUT2D eigenvalue weighted by molar-refractivity contribution is 0.747. The normalized spacial score (nSPS) is 13.0. The van der Waals surface area contributed by atoms with E-state index >= 15 is 0 Å². The number of aromatic nitrogens is 2. The molecule has 2 aliphatic heterocycles. The Balaban J connectivity index is 0.000000101. The van der Waals surface area contributed by atoms with Gasteiger partial charge in [-0.05, 0) is 244 Å². The molecule has 22 rings (SSSR count). The summed E-state index contributed by atoms with van der Waals surface area (Å²) in [7, 11) is 0. The number of hydrogen-bond acceptors (Lipinski definition) is 2. The number of fused-ring (bicyclic) bond motifs is 24. The van der Waals surface area contributed by atoms with Crippen molar-refractivity contribution in [3.63, 3.8) is 0 Å². The van der Waals surface area contributed by atoms with E-state index in [9.17, 15) is 0 Å². The van der Waals surface area contributed by atoms with Crippen LogP contribution in [0.3, 0.4) is 0 Å². The van der Waals surface area contributed by atoms with Crippen molar-refractivity contribution < 1.29 is 0 Å². The van der Waals surface area contributed by atoms with Crippen molar-refractivity contribution in [2.75, 3.05) is 9.80 Å². The molecule has 108 heavy (non-hydrogen) atoms. The molecule has 0 radical (unpaired) electrons. The third kappa shape index (κ3) is 10.9. The quantitative estimate of drug-likeness (QED) is 0.171. The maximum absolute atomic E-state index is 3.80. The molecular weight excluding hydrogens is 1710 g/mol. The highest BCUT2D eigenvalue weighted by Gasteiger charge is 2.53. The minimum atomic E-state index is -0.406. The smallest absolute Gasteiger partial charge is 0.0755 e. The lowest BCUT2D eigenvalue weighted by Crippen LogP contribution is -2.36. The zero-order valence-electron chi connectivity index (χ0n) is 57.9. The minimum Gasteiger partial charge on any atom is -0.310 e. The van der Waals surface area contributed by atoms with E-state index in [2.05, 4.69) is 466 Å². The van der Waals surface area contributed by atoms with Gasteiger partial charge in [-0.2, -0.15) is 0 Å². The minimum absolute atomic E-state index is 0.390. The van der Waals surface area contributed by atoms with Crippen LogP contribution in [0.2, 0.25) is 0 Å². The maximum Gasteiger partial charge on any atom is 0.0755 e. The molecule has 0 unspecified atom stereocenters. The van der Waals surface area contributed by atoms with Crippen LogP contribution in [-0.4, -0.2) is 9.13 Å². The Bertz CT molecular complexity index is 6320. The van der Waals surface area contributed by atoms with Crippen LogP contribution in [0.5, 0.6) is 0 Å². The molecule has 16 aromatic carbocycles. The van der Waals surface area contributed by atoms with E-state index < -0.39 is 10.8 Å². The third-order valence-corrected chi connectivity index (χ3v) is 25.0. The van der Waals surface area contributed by atoms with Gasteiger partial charge in [0.05, 0.1) is 61.3 Å². The van der Waals surface area contributed by atoms with Gasteiger partial charge < -0.3 is 18.9 Å². The van der Waals surface area contributed by atoms with Crippen molar-refractivity contribution in [2.45, 2.75) is 10.8 Å². The predicted octanol–water partition coefficient (Wildman–Crippen LogP) is 29.8. The van der Waals surface area contributed by atoms with E-state index in [0.29, 0.717) is 0 Å². The fourth-order valence-corrected chi connectivity index (χ4v) is 19.9. The van der Waals surface area contributed by atoms with Gasteiger partial charge in [-0.15, -0.1) is 0 Å². The standard InChI is InChI=1S/C31H17Br2N.C31H19Br2N.C18H12BrN.C18H14BrN/c32-18-12-14-20-21-15-13-19(33)17-27(21)31(26(20)16-18)24-8-2-4-11-29(24)34-28-10-3-1-6-22(28)23-7-5-9-25(31)30(23)34;32-20-14-16-23-24-17-15-21(33)19-28(24)31(27(23)18-20)25-10-4-6-12-29(25)34(22-8-2-1-3-9-22)30-13-7-5-11-26(30)31;19-15-9-3-6-12-18(15)20-16-10-4-1-7-13(16)14-8-2-5-11-17(14)20;19-17-13-7-8-14-18(17)20(15-9-3-1-4-10-15)16-11-5-2-6-12-16/h1-17H;1-19H;1-12H;1-14H. The summed E-state index contributed by atoms with van der Waals surface area (Å²) in [6.07, 6.45) is 0. The van der Waals surface area contributed by atoms with Crippen molar-refractivity contribution in [3.05, 3.63) is 447 Å². The molecule has 0 amide bonds. The monoisotopic (exact) mass is 1770 g/mol. The van der Waals surface area contributed by atoms with Gasteiger partial charge >= 0.3 is 0 Å². The first kappa shape index (κ1) is 68.2. The zero-order valence-corrected chi connectivity index (χ0v) is 67.4. The number of rotatable bonds is 5. The van der Waals surface area contributed by atoms with Gasteiger partial charge in [-0.1, -0.05) is 294 Å². The van der Waals surface area contributed by atoms with Crippen LogP contribution in [0.25, 0.3) is 77.2 Å². The average molecular weight is 1780 g/mol. The van der Waals surface area contributed by atoms with Gasteiger partial charge in [0.1, 0.15) is 0 Å². The van der Waals surface area contributed by atoms with Crippen LogP contribution >= 0.6 is 95.6 Å². The SMILES string of the molecule is Brc1ccc2c(c1)C1(c3cc(Br)ccc3-2)c2ccccc2-n2c3ccccc3c3cccc1c32.Brc1ccc2c(c1)C1(c3cc(Br)ccc3-2)c2ccccc2N(c2ccccc2)c2ccccc21.Brc1ccccc1-n1c2ccccc2c2ccccc21.Brc1ccccc1N(c1ccccc1)c1ccccc1. The van der Waals surface area contributed by atoms with Gasteiger partial charge in [-0.3, -0.25) is 0 Å². The molecule has 10 heteroatoms. The maximum atomic E-state index is 3.80. The highest BCUT2D eigenvalue weighted by Crippen LogP contribution is 2.65. The van der Waals surface area contributed by atoms with Crippen molar-refractivity contribution >= 4 is 173 Å². The zero-order chi connectivity index (χ0) is 72.8. The summed E-state index contributed by atoms with van der Waals surface area (Å²) >= 11 is 22.5. The molecule has 2 aromatic heterocycles. The summed E-state index contributed by atoms with van der Waals surface area (Å²) in [6.45, 7) is 0. The first-order chi connectivity index (χ1) is 53.1. The molecule has 18 aromatic rings. The van der Waals surface area contributed by atoms with E-state index in [1.807, 2.05) is 24.3 Å². The van der Waals surface area contributed by atoms with Gasteiger partial charge in [0, 0.05) is 65.4 Å². The predicted molar refractivity (Wildman–Crippen MR) is 472 cm³/mol. The summed E-state index contributed by atoms with van der Waals surface area (Å²) in [5.41, 5.74) is 29.5. The summed E-state index contributed by atoms with van der Waals surface area (Å²) < 4.78 is 11.4. The van der Waals surface area contributed by atoms with Crippen LogP contribution in [0.4, 0.5) is 34.1 Å². The van der Waals surface area contributed by atoms with Gasteiger partial charge in [0.15, 0.2) is 0 Å². The summed E-state index contributed by atoms with van der Waals surface area (Å²) in [4.78, 5) is 4.65. The first-order valence-electron chi connectivity index (χ1n) is 35.9. The Morgan fingerprint density at radius 2 is 0.565 bits per heavy atom. The van der Waals surface area contributed by atoms with Crippen LogP contribution in [0.15, 0.2) is 403 Å². The Morgan fingerprint density at radius 3 is 1.03 bits per heavy atom. The average Bonchev–Trinajstić information content (AvgIpc) is 1.49. The highest BCUT2D eigenvalue weighted by atomic mass is 79.9. The molecule has 0 saturated carbocycles. The van der Waals surface area contributed by atoms with Crippen molar-refractivity contribution in [1.82, 2.24) is 9.13 Å². The summed E-state index contributed by atoms with van der Waals surface area (Å²) in [5, 5.41) is 5.19. The van der Waals surface area contributed by atoms with E-state index in [1.54, 1.807) is 0 Å². The first-order valence-corrected chi connectivity index (χ1v) is 40.6. The molecule has 4 nitrogen and oxygen atoms in total. The van der Waals surface area contributed by atoms with Crippen LogP contribution < -0.4 is 9.80 Å². The van der Waals surface area contributed by atoms with Crippen molar-refractivity contribution in [2.24, 2.45) is 0 Å². The number of benzene rings is 16. The second kappa shape index (κ2) is 28.0. The molecule has 0 N–H and O–H groups in total.